The Morgan fingerprint density at radius 1 is 0.679 bits per heavy atom. The Hall–Kier alpha value is -0.660. The minimum Gasteiger partial charge on any atom is -0.165 e. The topological polar surface area (TPSA) is 0 Å². The molecule has 4 rings (SSSR count). The van der Waals surface area contributed by atoms with Crippen molar-refractivity contribution in [3.05, 3.63) is 82.9 Å². The molecule has 0 N–H and O–H groups in total. The first-order chi connectivity index (χ1) is 12.3. The monoisotopic (exact) mass is 506 g/mol. The first-order valence-corrected chi connectivity index (χ1v) is 15.2. The van der Waals surface area contributed by atoms with Gasteiger partial charge in [-0.2, -0.15) is 12.1 Å². The van der Waals surface area contributed by atoms with Gasteiger partial charge in [0.15, 0.2) is 0 Å². The number of hydrogen-bond donors (Lipinski definition) is 0. The predicted molar refractivity (Wildman–Crippen MR) is 130 cm³/mol. The molecule has 0 spiro atoms. The van der Waals surface area contributed by atoms with Gasteiger partial charge < -0.3 is 0 Å². The largest absolute Gasteiger partial charge is 0.165 e. The van der Waals surface area contributed by atoms with Crippen molar-refractivity contribution < 1.29 is 23.3 Å². The van der Waals surface area contributed by atoms with Gasteiger partial charge in [-0.05, 0) is 13.8 Å². The molecule has 0 radical (unpaired) electrons. The number of aryl methyl sites for hydroxylation is 4. The molecule has 148 valence electrons. The minimum atomic E-state index is 0. The van der Waals surface area contributed by atoms with E-state index in [0.717, 1.165) is 0 Å². The maximum Gasteiger partial charge on any atom is -0.0488 e. The van der Waals surface area contributed by atoms with Crippen LogP contribution in [0.3, 0.4) is 0 Å². The molecule has 0 unspecified atom stereocenters. The number of benzene rings is 2. The van der Waals surface area contributed by atoms with Crippen molar-refractivity contribution in [1.29, 1.82) is 0 Å². The van der Waals surface area contributed by atoms with E-state index < -0.39 is 0 Å². The smallest absolute Gasteiger partial charge is 0.0488 e. The molecular formula is C24H30Cl2SiZr. The van der Waals surface area contributed by atoms with Crippen LogP contribution in [-0.4, -0.2) is 5.43 Å². The molecule has 0 atom stereocenters. The van der Waals surface area contributed by atoms with Crippen LogP contribution < -0.4 is 0 Å². The van der Waals surface area contributed by atoms with Crippen LogP contribution in [0, 0.1) is 27.7 Å². The van der Waals surface area contributed by atoms with Crippen molar-refractivity contribution in [2.45, 2.75) is 40.8 Å². The average Bonchev–Trinajstić information content (AvgIpc) is 3.11. The second kappa shape index (κ2) is 12.8. The van der Waals surface area contributed by atoms with Gasteiger partial charge in [0.25, 0.3) is 0 Å². The number of halogens is 2. The van der Waals surface area contributed by atoms with Crippen molar-refractivity contribution in [3.8, 4) is 0 Å². The van der Waals surface area contributed by atoms with Crippen LogP contribution >= 0.6 is 24.8 Å². The van der Waals surface area contributed by atoms with Crippen LogP contribution in [-0.2, 0) is 23.3 Å². The van der Waals surface area contributed by atoms with Crippen molar-refractivity contribution in [1.82, 2.24) is 0 Å². The second-order valence-corrected chi connectivity index (χ2v) is 16.6. The zero-order valence-corrected chi connectivity index (χ0v) is 22.7. The Bertz CT molecular complexity index is 946. The molecule has 0 saturated heterocycles. The first-order valence-electron chi connectivity index (χ1n) is 9.05. The van der Waals surface area contributed by atoms with Gasteiger partial charge in [0.1, 0.15) is 0 Å². The number of fused-ring (bicyclic) bond motifs is 2. The third kappa shape index (κ3) is 7.99. The third-order valence-electron chi connectivity index (χ3n) is 4.23. The van der Waals surface area contributed by atoms with E-state index in [1.54, 1.807) is 23.3 Å². The van der Waals surface area contributed by atoms with Crippen LogP contribution in [0.25, 0.3) is 21.5 Å². The normalized spacial score (nSPS) is 9.43. The van der Waals surface area contributed by atoms with Crippen molar-refractivity contribution in [2.24, 2.45) is 0 Å². The summed E-state index contributed by atoms with van der Waals surface area (Å²) in [5.41, 5.74) is 5.66. The van der Waals surface area contributed by atoms with Crippen LogP contribution in [0.15, 0.2) is 60.7 Å². The molecule has 0 aliphatic rings. The van der Waals surface area contributed by atoms with Gasteiger partial charge in [0, 0.05) is 0 Å². The van der Waals surface area contributed by atoms with Gasteiger partial charge in [0.2, 0.25) is 0 Å². The zero-order valence-electron chi connectivity index (χ0n) is 17.6. The number of rotatable bonds is 0. The van der Waals surface area contributed by atoms with Crippen molar-refractivity contribution in [2.75, 3.05) is 0 Å². The maximum absolute atomic E-state index is 2.31. The summed E-state index contributed by atoms with van der Waals surface area (Å²) in [5, 5.41) is 5.51. The van der Waals surface area contributed by atoms with Gasteiger partial charge in [-0.3, -0.25) is 0 Å². The Morgan fingerprint density at radius 3 is 1.29 bits per heavy atom. The number of hydrogen-bond acceptors (Lipinski definition) is 0. The molecule has 4 heteroatoms. The van der Waals surface area contributed by atoms with Crippen molar-refractivity contribution in [3.63, 3.8) is 0 Å². The van der Waals surface area contributed by atoms with E-state index in [2.05, 4.69) is 101 Å². The summed E-state index contributed by atoms with van der Waals surface area (Å²) in [6.07, 6.45) is 0. The Balaban J connectivity index is 0.000000415. The minimum absolute atomic E-state index is 0. The predicted octanol–water partition coefficient (Wildman–Crippen LogP) is 7.98. The summed E-state index contributed by atoms with van der Waals surface area (Å²) in [7, 11) is 0. The van der Waals surface area contributed by atoms with Crippen LogP contribution in [0.5, 0.6) is 0 Å². The van der Waals surface area contributed by atoms with E-state index in [4.69, 9.17) is 0 Å². The van der Waals surface area contributed by atoms with Gasteiger partial charge >= 0.3 is 41.9 Å². The van der Waals surface area contributed by atoms with Gasteiger partial charge in [-0.25, -0.2) is 0 Å². The molecule has 4 aromatic rings. The summed E-state index contributed by atoms with van der Waals surface area (Å²) < 4.78 is 0. The van der Waals surface area contributed by atoms with Crippen LogP contribution in [0.4, 0.5) is 0 Å². The fraction of sp³-hybridized carbons (Fsp3) is 0.250. The van der Waals surface area contributed by atoms with Crippen LogP contribution in [0.1, 0.15) is 22.3 Å². The Labute approximate surface area is 197 Å². The fourth-order valence-corrected chi connectivity index (χ4v) is 3.08. The summed E-state index contributed by atoms with van der Waals surface area (Å²) >= 11 is 1.74. The van der Waals surface area contributed by atoms with E-state index in [-0.39, 0.29) is 30.2 Å². The van der Waals surface area contributed by atoms with E-state index in [0.29, 0.717) is 0 Å². The van der Waals surface area contributed by atoms with E-state index in [1.807, 2.05) is 0 Å². The molecule has 0 aliphatic heterocycles. The Morgan fingerprint density at radius 2 is 1.00 bits per heavy atom. The average molecular weight is 509 g/mol. The third-order valence-corrected chi connectivity index (χ3v) is 4.23. The summed E-state index contributed by atoms with van der Waals surface area (Å²) in [5.74, 6) is 0. The first kappa shape index (κ1) is 27.3. The van der Waals surface area contributed by atoms with E-state index in [9.17, 15) is 0 Å². The molecule has 28 heavy (non-hydrogen) atoms. The summed E-state index contributed by atoms with van der Waals surface area (Å²) in [4.78, 5) is 0. The van der Waals surface area contributed by atoms with Crippen LogP contribution in [0.2, 0.25) is 13.1 Å². The zero-order chi connectivity index (χ0) is 19.3. The molecule has 0 fully saturated rings. The maximum atomic E-state index is 2.31. The molecule has 0 nitrogen and oxygen atoms in total. The molecule has 0 heterocycles. The van der Waals surface area contributed by atoms with E-state index >= 15 is 0 Å². The standard InChI is InChI=1S/2C11H11.C2H6Si.2ClH.Zr/c2*1-8-6-10-5-3-4-9(2)11(10)7-8;1-3-2;;;/h2*3-7H,1-2H3;1-2H3;2*1H;/q2*-1;;;;+2. The molecule has 4 aromatic carbocycles. The molecule has 0 saturated carbocycles. The van der Waals surface area contributed by atoms with E-state index in [1.165, 1.54) is 43.8 Å². The fourth-order valence-electron chi connectivity index (χ4n) is 3.08. The second-order valence-electron chi connectivity index (χ2n) is 7.22. The molecule has 0 bridgehead atoms. The van der Waals surface area contributed by atoms with Gasteiger partial charge in [0.05, 0.1) is 0 Å². The van der Waals surface area contributed by atoms with Gasteiger partial charge in [-0.1, -0.05) is 37.1 Å². The Kier molecular flexibility index (Phi) is 12.5. The molecule has 0 aromatic heterocycles. The quantitative estimate of drug-likeness (QED) is 0.167. The molecular weight excluding hydrogens is 478 g/mol. The molecule has 0 aliphatic carbocycles. The molecule has 0 amide bonds. The summed E-state index contributed by atoms with van der Waals surface area (Å²) in [6, 6.07) is 21.8. The van der Waals surface area contributed by atoms with Gasteiger partial charge in [-0.15, -0.1) is 93.9 Å². The summed E-state index contributed by atoms with van der Waals surface area (Å²) in [6.45, 7) is 13.2. The SMILES string of the molecule is C[Si](C)=[Zr+2].Cc1cc2c(C)cccc2[cH-]1.Cc1cc2c(C)cccc2[cH-]1.Cl.Cl. The van der Waals surface area contributed by atoms with Crippen molar-refractivity contribution >= 4 is 51.8 Å².